The second-order valence-corrected chi connectivity index (χ2v) is 9.25. The molecule has 4 aliphatic carbocycles. The second-order valence-electron chi connectivity index (χ2n) is 8.82. The lowest BCUT2D eigenvalue weighted by atomic mass is 9.35. The first kappa shape index (κ1) is 15.1. The molecule has 118 valence electrons. The summed E-state index contributed by atoms with van der Waals surface area (Å²) in [6.07, 6.45) is 5.28. The van der Waals surface area contributed by atoms with Crippen LogP contribution in [0.3, 0.4) is 0 Å². The summed E-state index contributed by atoms with van der Waals surface area (Å²) in [5.74, 6) is -1.74. The van der Waals surface area contributed by atoms with Gasteiger partial charge in [0, 0.05) is 0 Å². The Labute approximate surface area is 129 Å². The zero-order valence-corrected chi connectivity index (χ0v) is 13.4. The Bertz CT molecular complexity index is 496. The SMILES string of the molecule is C[C@]12CC3(CC(=O)O)CC([C@H](Cl)C(=O)O)(C1)C[C@@](C)(C3)C2. The molecular formula is C16H23ClO4. The average molecular weight is 315 g/mol. The third-order valence-electron chi connectivity index (χ3n) is 6.02. The van der Waals surface area contributed by atoms with Crippen molar-refractivity contribution < 1.29 is 19.8 Å². The van der Waals surface area contributed by atoms with Crippen molar-refractivity contribution in [3.8, 4) is 0 Å². The number of halogens is 1. The van der Waals surface area contributed by atoms with Gasteiger partial charge in [-0.1, -0.05) is 13.8 Å². The molecule has 0 amide bonds. The highest BCUT2D eigenvalue weighted by atomic mass is 35.5. The fraction of sp³-hybridized carbons (Fsp3) is 0.875. The monoisotopic (exact) mass is 314 g/mol. The van der Waals surface area contributed by atoms with Crippen LogP contribution in [0.15, 0.2) is 0 Å². The summed E-state index contributed by atoms with van der Waals surface area (Å²) in [5.41, 5.74) is -0.656. The van der Waals surface area contributed by atoms with E-state index in [1.807, 2.05) is 0 Å². The highest BCUT2D eigenvalue weighted by Gasteiger charge is 2.68. The molecule has 21 heavy (non-hydrogen) atoms. The van der Waals surface area contributed by atoms with Gasteiger partial charge in [0.25, 0.3) is 0 Å². The van der Waals surface area contributed by atoms with E-state index in [1.54, 1.807) is 0 Å². The largest absolute Gasteiger partial charge is 0.481 e. The molecule has 4 rings (SSSR count). The molecule has 4 nitrogen and oxygen atoms in total. The van der Waals surface area contributed by atoms with E-state index in [-0.39, 0.29) is 22.7 Å². The van der Waals surface area contributed by atoms with Crippen LogP contribution in [-0.4, -0.2) is 27.5 Å². The fourth-order valence-corrected chi connectivity index (χ4v) is 7.31. The first-order valence-electron chi connectivity index (χ1n) is 7.60. The Morgan fingerprint density at radius 2 is 1.52 bits per heavy atom. The van der Waals surface area contributed by atoms with E-state index in [1.165, 1.54) is 0 Å². The van der Waals surface area contributed by atoms with Crippen LogP contribution < -0.4 is 0 Å². The standard InChI is InChI=1S/C16H23ClO4/c1-13-4-14(2)6-15(5-13,3-10(18)19)9-16(7-13,8-14)11(17)12(20)21/h11H,3-9H2,1-2H3,(H,18,19)(H,20,21)/t11-,13-,14+,15?,16?/m1/s1. The van der Waals surface area contributed by atoms with Crippen molar-refractivity contribution >= 4 is 23.5 Å². The van der Waals surface area contributed by atoms with Gasteiger partial charge < -0.3 is 10.2 Å². The molecule has 0 aliphatic heterocycles. The number of aliphatic carboxylic acids is 2. The van der Waals surface area contributed by atoms with Crippen LogP contribution in [0.2, 0.25) is 0 Å². The molecule has 5 atom stereocenters. The lowest BCUT2D eigenvalue weighted by molar-refractivity contribution is -0.199. The van der Waals surface area contributed by atoms with Crippen molar-refractivity contribution in [1.82, 2.24) is 0 Å². The van der Waals surface area contributed by atoms with Crippen molar-refractivity contribution in [3.63, 3.8) is 0 Å². The molecule has 4 saturated carbocycles. The summed E-state index contributed by atoms with van der Waals surface area (Å²) in [5, 5.41) is 17.8. The highest BCUT2D eigenvalue weighted by Crippen LogP contribution is 2.75. The molecule has 4 aliphatic rings. The van der Waals surface area contributed by atoms with Crippen LogP contribution in [0.5, 0.6) is 0 Å². The van der Waals surface area contributed by atoms with Crippen LogP contribution in [0.25, 0.3) is 0 Å². The van der Waals surface area contributed by atoms with Gasteiger partial charge in [-0.2, -0.15) is 0 Å². The minimum atomic E-state index is -0.962. The normalized spacial score (nSPS) is 49.1. The predicted molar refractivity (Wildman–Crippen MR) is 78.3 cm³/mol. The van der Waals surface area contributed by atoms with Crippen molar-refractivity contribution in [2.24, 2.45) is 21.7 Å². The zero-order valence-electron chi connectivity index (χ0n) is 12.6. The van der Waals surface area contributed by atoms with E-state index >= 15 is 0 Å². The Hall–Kier alpha value is -0.770. The fourth-order valence-electron chi connectivity index (χ4n) is 7.08. The van der Waals surface area contributed by atoms with Gasteiger partial charge in [0.2, 0.25) is 0 Å². The predicted octanol–water partition coefficient (Wildman–Crippen LogP) is 3.52. The summed E-state index contributed by atoms with van der Waals surface area (Å²) in [6, 6.07) is 0. The summed E-state index contributed by atoms with van der Waals surface area (Å²) in [4.78, 5) is 22.9. The molecule has 0 spiro atoms. The molecule has 4 fully saturated rings. The summed E-state index contributed by atoms with van der Waals surface area (Å²) < 4.78 is 0. The maximum atomic E-state index is 11.5. The smallest absolute Gasteiger partial charge is 0.322 e. The van der Waals surface area contributed by atoms with Crippen LogP contribution in [0.4, 0.5) is 0 Å². The van der Waals surface area contributed by atoms with Gasteiger partial charge in [0.1, 0.15) is 5.38 Å². The third-order valence-corrected chi connectivity index (χ3v) is 6.67. The number of alkyl halides is 1. The van der Waals surface area contributed by atoms with E-state index in [2.05, 4.69) is 13.8 Å². The first-order valence-corrected chi connectivity index (χ1v) is 8.04. The molecule has 0 aromatic carbocycles. The van der Waals surface area contributed by atoms with E-state index < -0.39 is 22.7 Å². The molecule has 0 aromatic heterocycles. The third kappa shape index (κ3) is 2.26. The minimum Gasteiger partial charge on any atom is -0.481 e. The summed E-state index contributed by atoms with van der Waals surface area (Å²) in [7, 11) is 0. The number of carbonyl (C=O) groups is 2. The molecule has 5 heteroatoms. The maximum Gasteiger partial charge on any atom is 0.322 e. The summed E-state index contributed by atoms with van der Waals surface area (Å²) in [6.45, 7) is 4.39. The molecule has 2 unspecified atom stereocenters. The van der Waals surface area contributed by atoms with Gasteiger partial charge in [-0.05, 0) is 60.2 Å². The first-order chi connectivity index (χ1) is 9.51. The van der Waals surface area contributed by atoms with Crippen LogP contribution in [-0.2, 0) is 9.59 Å². The number of carboxylic acid groups (broad SMARTS) is 2. The minimum absolute atomic E-state index is 0.0293. The van der Waals surface area contributed by atoms with E-state index in [0.717, 1.165) is 32.1 Å². The number of hydrogen-bond acceptors (Lipinski definition) is 2. The van der Waals surface area contributed by atoms with Gasteiger partial charge in [-0.3, -0.25) is 9.59 Å². The topological polar surface area (TPSA) is 74.6 Å². The van der Waals surface area contributed by atoms with E-state index in [0.29, 0.717) is 6.42 Å². The molecule has 4 bridgehead atoms. The quantitative estimate of drug-likeness (QED) is 0.779. The molecule has 0 aromatic rings. The molecule has 0 heterocycles. The highest BCUT2D eigenvalue weighted by molar-refractivity contribution is 6.30. The van der Waals surface area contributed by atoms with Gasteiger partial charge >= 0.3 is 11.9 Å². The Kier molecular flexibility index (Phi) is 2.99. The van der Waals surface area contributed by atoms with Crippen molar-refractivity contribution in [3.05, 3.63) is 0 Å². The average Bonchev–Trinajstić information content (AvgIpc) is 2.20. The van der Waals surface area contributed by atoms with Gasteiger partial charge in [-0.25, -0.2) is 0 Å². The Morgan fingerprint density at radius 1 is 1.00 bits per heavy atom. The van der Waals surface area contributed by atoms with Crippen molar-refractivity contribution in [2.75, 3.05) is 0 Å². The lowest BCUT2D eigenvalue weighted by Gasteiger charge is -2.70. The second kappa shape index (κ2) is 4.15. The number of rotatable bonds is 4. The molecule has 0 saturated heterocycles. The Balaban J connectivity index is 2.05. The molecule has 0 radical (unpaired) electrons. The number of hydrogen-bond donors (Lipinski definition) is 2. The summed E-state index contributed by atoms with van der Waals surface area (Å²) >= 11 is 6.31. The van der Waals surface area contributed by atoms with Crippen LogP contribution in [0.1, 0.15) is 58.8 Å². The zero-order chi connectivity index (χ0) is 15.7. The van der Waals surface area contributed by atoms with Gasteiger partial charge in [-0.15, -0.1) is 11.6 Å². The van der Waals surface area contributed by atoms with Crippen molar-refractivity contribution in [2.45, 2.75) is 64.2 Å². The maximum absolute atomic E-state index is 11.5. The van der Waals surface area contributed by atoms with Gasteiger partial charge in [0.05, 0.1) is 6.42 Å². The van der Waals surface area contributed by atoms with E-state index in [9.17, 15) is 19.8 Å². The number of carboxylic acids is 2. The van der Waals surface area contributed by atoms with Crippen LogP contribution in [0, 0.1) is 21.7 Å². The van der Waals surface area contributed by atoms with Crippen molar-refractivity contribution in [1.29, 1.82) is 0 Å². The molecular weight excluding hydrogens is 292 g/mol. The van der Waals surface area contributed by atoms with E-state index in [4.69, 9.17) is 11.6 Å². The Morgan fingerprint density at radius 3 is 1.95 bits per heavy atom. The van der Waals surface area contributed by atoms with Gasteiger partial charge in [0.15, 0.2) is 0 Å². The lowest BCUT2D eigenvalue weighted by Crippen LogP contribution is -2.63. The van der Waals surface area contributed by atoms with Crippen LogP contribution >= 0.6 is 11.6 Å². The molecule has 2 N–H and O–H groups in total.